The van der Waals surface area contributed by atoms with Crippen LogP contribution in [0.2, 0.25) is 0 Å². The Morgan fingerprint density at radius 2 is 1.81 bits per heavy atom. The Bertz CT molecular complexity index is 755. The minimum atomic E-state index is 0.0795. The van der Waals surface area contributed by atoms with E-state index in [9.17, 15) is 4.79 Å². The molecule has 0 N–H and O–H groups in total. The molecule has 1 fully saturated rings. The Kier molecular flexibility index (Phi) is 5.57. The summed E-state index contributed by atoms with van der Waals surface area (Å²) in [5, 5.41) is 0. The minimum Gasteiger partial charge on any atom is -0.378 e. The molecule has 5 heteroatoms. The van der Waals surface area contributed by atoms with Crippen LogP contribution in [0.3, 0.4) is 0 Å². The van der Waals surface area contributed by atoms with Gasteiger partial charge in [0.2, 0.25) is 0 Å². The van der Waals surface area contributed by atoms with Gasteiger partial charge >= 0.3 is 0 Å². The largest absolute Gasteiger partial charge is 0.378 e. The average Bonchev–Trinajstić information content (AvgIpc) is 2.67. The second-order valence-corrected chi connectivity index (χ2v) is 7.41. The molecule has 138 valence electrons. The number of likely N-dealkylation sites (tertiary alicyclic amines) is 1. The number of anilines is 1. The van der Waals surface area contributed by atoms with Crippen molar-refractivity contribution in [1.82, 2.24) is 14.8 Å². The Labute approximate surface area is 156 Å². The Hall–Kier alpha value is -2.40. The Balaban J connectivity index is 1.79. The van der Waals surface area contributed by atoms with Crippen molar-refractivity contribution in [2.24, 2.45) is 0 Å². The first-order valence-corrected chi connectivity index (χ1v) is 9.14. The fourth-order valence-electron chi connectivity index (χ4n) is 3.41. The van der Waals surface area contributed by atoms with E-state index in [1.807, 2.05) is 31.3 Å². The first-order valence-electron chi connectivity index (χ1n) is 9.14. The summed E-state index contributed by atoms with van der Waals surface area (Å²) in [6.45, 7) is 1.61. The maximum absolute atomic E-state index is 13.0. The predicted molar refractivity (Wildman–Crippen MR) is 107 cm³/mol. The molecule has 1 atom stereocenters. The highest BCUT2D eigenvalue weighted by molar-refractivity contribution is 5.95. The van der Waals surface area contributed by atoms with Gasteiger partial charge in [-0.1, -0.05) is 12.1 Å². The number of piperidine rings is 1. The van der Waals surface area contributed by atoms with E-state index in [4.69, 9.17) is 0 Å². The van der Waals surface area contributed by atoms with Gasteiger partial charge < -0.3 is 14.7 Å². The van der Waals surface area contributed by atoms with Gasteiger partial charge in [-0.25, -0.2) is 0 Å². The third-order valence-corrected chi connectivity index (χ3v) is 5.12. The van der Waals surface area contributed by atoms with E-state index in [0.29, 0.717) is 11.6 Å². The van der Waals surface area contributed by atoms with Crippen LogP contribution in [0.25, 0.3) is 11.1 Å². The molecule has 26 heavy (non-hydrogen) atoms. The number of pyridine rings is 1. The zero-order valence-electron chi connectivity index (χ0n) is 16.1. The maximum atomic E-state index is 13.0. The van der Waals surface area contributed by atoms with Gasteiger partial charge in [-0.3, -0.25) is 9.78 Å². The summed E-state index contributed by atoms with van der Waals surface area (Å²) in [6.07, 6.45) is 5.70. The molecular formula is C21H28N4O. The Morgan fingerprint density at radius 1 is 1.08 bits per heavy atom. The lowest BCUT2D eigenvalue weighted by molar-refractivity contribution is 0.0634. The highest BCUT2D eigenvalue weighted by Crippen LogP contribution is 2.24. The van der Waals surface area contributed by atoms with Crippen LogP contribution in [0.5, 0.6) is 0 Å². The summed E-state index contributed by atoms with van der Waals surface area (Å²) >= 11 is 0. The van der Waals surface area contributed by atoms with Crippen LogP contribution >= 0.6 is 0 Å². The van der Waals surface area contributed by atoms with Gasteiger partial charge in [-0.15, -0.1) is 0 Å². The molecule has 0 unspecified atom stereocenters. The molecule has 5 nitrogen and oxygen atoms in total. The van der Waals surface area contributed by atoms with Crippen molar-refractivity contribution in [2.45, 2.75) is 18.9 Å². The van der Waals surface area contributed by atoms with Crippen LogP contribution in [0, 0.1) is 0 Å². The fourth-order valence-corrected chi connectivity index (χ4v) is 3.41. The standard InChI is InChI=1S/C21H28N4O/c1-23(2)19-9-7-16(8-10-19)17-12-18(14-22-13-17)21(26)25-11-5-6-20(15-25)24(3)4/h7-10,12-14,20H,5-6,11,15H2,1-4H3/t20-/m0/s1. The van der Waals surface area contributed by atoms with Crippen LogP contribution < -0.4 is 4.90 Å². The number of hydrogen-bond donors (Lipinski definition) is 0. The van der Waals surface area contributed by atoms with E-state index < -0.39 is 0 Å². The van der Waals surface area contributed by atoms with Crippen LogP contribution in [0.15, 0.2) is 42.7 Å². The quantitative estimate of drug-likeness (QED) is 0.848. The molecule has 0 radical (unpaired) electrons. The van der Waals surface area contributed by atoms with Crippen LogP contribution in [-0.2, 0) is 0 Å². The van der Waals surface area contributed by atoms with Gasteiger partial charge in [0.15, 0.2) is 0 Å². The SMILES string of the molecule is CN(C)c1ccc(-c2cncc(C(=O)N3CCC[C@H](N(C)C)C3)c2)cc1. The summed E-state index contributed by atoms with van der Waals surface area (Å²) in [5.41, 5.74) is 3.86. The number of rotatable bonds is 4. The highest BCUT2D eigenvalue weighted by Gasteiger charge is 2.25. The first-order chi connectivity index (χ1) is 12.5. The second kappa shape index (κ2) is 7.87. The predicted octanol–water partition coefficient (Wildman–Crippen LogP) is 2.98. The van der Waals surface area contributed by atoms with Crippen molar-refractivity contribution in [3.63, 3.8) is 0 Å². The summed E-state index contributed by atoms with van der Waals surface area (Å²) in [6, 6.07) is 10.7. The fraction of sp³-hybridized carbons (Fsp3) is 0.429. The van der Waals surface area contributed by atoms with Crippen molar-refractivity contribution in [3.8, 4) is 11.1 Å². The average molecular weight is 352 g/mol. The molecular weight excluding hydrogens is 324 g/mol. The molecule has 0 aliphatic carbocycles. The molecule has 3 rings (SSSR count). The van der Waals surface area contributed by atoms with E-state index >= 15 is 0 Å². The van der Waals surface area contributed by atoms with E-state index in [1.54, 1.807) is 6.20 Å². The van der Waals surface area contributed by atoms with Crippen LogP contribution in [-0.4, -0.2) is 68.0 Å². The van der Waals surface area contributed by atoms with E-state index in [0.717, 1.165) is 42.7 Å². The van der Waals surface area contributed by atoms with Crippen molar-refractivity contribution in [3.05, 3.63) is 48.3 Å². The van der Waals surface area contributed by atoms with E-state index in [-0.39, 0.29) is 5.91 Å². The molecule has 2 aromatic rings. The Morgan fingerprint density at radius 3 is 2.46 bits per heavy atom. The lowest BCUT2D eigenvalue weighted by Gasteiger charge is -2.36. The highest BCUT2D eigenvalue weighted by atomic mass is 16.2. The van der Waals surface area contributed by atoms with Gasteiger partial charge in [0.25, 0.3) is 5.91 Å². The van der Waals surface area contributed by atoms with Gasteiger partial charge in [-0.05, 0) is 50.7 Å². The molecule has 0 spiro atoms. The molecule has 1 aromatic carbocycles. The van der Waals surface area contributed by atoms with Gasteiger partial charge in [0.1, 0.15) is 0 Å². The van der Waals surface area contributed by atoms with Crippen molar-refractivity contribution >= 4 is 11.6 Å². The van der Waals surface area contributed by atoms with E-state index in [1.165, 1.54) is 0 Å². The number of nitrogens with zero attached hydrogens (tertiary/aromatic N) is 4. The monoisotopic (exact) mass is 352 g/mol. The van der Waals surface area contributed by atoms with E-state index in [2.05, 4.69) is 53.1 Å². The third kappa shape index (κ3) is 4.05. The molecule has 0 saturated carbocycles. The number of hydrogen-bond acceptors (Lipinski definition) is 4. The number of likely N-dealkylation sites (N-methyl/N-ethyl adjacent to an activating group) is 1. The second-order valence-electron chi connectivity index (χ2n) is 7.41. The first kappa shape index (κ1) is 18.4. The normalized spacial score (nSPS) is 17.4. The number of carbonyl (C=O) groups excluding carboxylic acids is 1. The van der Waals surface area contributed by atoms with Crippen molar-refractivity contribution < 1.29 is 4.79 Å². The van der Waals surface area contributed by atoms with Gasteiger partial charge in [0, 0.05) is 56.9 Å². The smallest absolute Gasteiger partial charge is 0.255 e. The van der Waals surface area contributed by atoms with Gasteiger partial charge in [0.05, 0.1) is 5.56 Å². The summed E-state index contributed by atoms with van der Waals surface area (Å²) in [5.74, 6) is 0.0795. The summed E-state index contributed by atoms with van der Waals surface area (Å²) in [7, 11) is 8.21. The number of amides is 1. The van der Waals surface area contributed by atoms with Crippen LogP contribution in [0.4, 0.5) is 5.69 Å². The molecule has 1 aromatic heterocycles. The summed E-state index contributed by atoms with van der Waals surface area (Å²) < 4.78 is 0. The topological polar surface area (TPSA) is 39.7 Å². The molecule has 2 heterocycles. The van der Waals surface area contributed by atoms with Crippen molar-refractivity contribution in [2.75, 3.05) is 46.2 Å². The number of benzene rings is 1. The summed E-state index contributed by atoms with van der Waals surface area (Å²) in [4.78, 5) is 23.5. The lowest BCUT2D eigenvalue weighted by atomic mass is 10.0. The maximum Gasteiger partial charge on any atom is 0.255 e. The molecule has 1 aliphatic heterocycles. The lowest BCUT2D eigenvalue weighted by Crippen LogP contribution is -2.47. The van der Waals surface area contributed by atoms with Gasteiger partial charge in [-0.2, -0.15) is 0 Å². The molecule has 0 bridgehead atoms. The van der Waals surface area contributed by atoms with Crippen molar-refractivity contribution in [1.29, 1.82) is 0 Å². The molecule has 1 saturated heterocycles. The molecule has 1 aliphatic rings. The molecule has 1 amide bonds. The number of carbonyl (C=O) groups is 1. The number of aromatic nitrogens is 1. The minimum absolute atomic E-state index is 0.0795. The van der Waals surface area contributed by atoms with Crippen LogP contribution in [0.1, 0.15) is 23.2 Å². The zero-order chi connectivity index (χ0) is 18.7. The third-order valence-electron chi connectivity index (χ3n) is 5.12. The zero-order valence-corrected chi connectivity index (χ0v) is 16.1.